The summed E-state index contributed by atoms with van der Waals surface area (Å²) in [4.78, 5) is 24.8. The molecule has 1 aliphatic rings. The number of likely N-dealkylation sites (N-methyl/N-ethyl adjacent to an activating group) is 1. The van der Waals surface area contributed by atoms with E-state index in [1.807, 2.05) is 32.9 Å². The summed E-state index contributed by atoms with van der Waals surface area (Å²) in [6.07, 6.45) is 13.1. The first-order valence-electron chi connectivity index (χ1n) is 10.2. The number of nitrogens with two attached hydrogens (primary N) is 1. The lowest BCUT2D eigenvalue weighted by Crippen LogP contribution is -2.22. The molecule has 30 heavy (non-hydrogen) atoms. The van der Waals surface area contributed by atoms with Crippen molar-refractivity contribution in [1.29, 1.82) is 0 Å². The second kappa shape index (κ2) is 13.3. The Morgan fingerprint density at radius 2 is 1.97 bits per heavy atom. The minimum atomic E-state index is -0.140. The standard InChI is InChI=1S/C18H25N5O.C5H11N/c1-7-8-15(9-12(2)18(24)23(5)6)13(3)10-20-16(19)17-21-11-14(4)22-17;1-2-4-6-5-3-1/h7-11H,2H2,1,3-6H3,(H2,19,20)(H,21,22);6H,1-5H2/b8-7-,13-10+,15-9+;. The first-order valence-corrected chi connectivity index (χ1v) is 10.2. The summed E-state index contributed by atoms with van der Waals surface area (Å²) in [5.74, 6) is 0.685. The highest BCUT2D eigenvalue weighted by Crippen LogP contribution is 2.15. The third-order valence-electron chi connectivity index (χ3n) is 4.36. The van der Waals surface area contributed by atoms with Crippen molar-refractivity contribution in [3.05, 3.63) is 65.4 Å². The van der Waals surface area contributed by atoms with Crippen LogP contribution in [0, 0.1) is 6.92 Å². The van der Waals surface area contributed by atoms with Crippen LogP contribution in [-0.2, 0) is 4.79 Å². The molecule has 0 bridgehead atoms. The molecule has 1 aliphatic heterocycles. The molecular formula is C23H36N6O. The molecule has 2 heterocycles. The van der Waals surface area contributed by atoms with Gasteiger partial charge in [0.2, 0.25) is 0 Å². The molecular weight excluding hydrogens is 376 g/mol. The molecule has 0 unspecified atom stereocenters. The van der Waals surface area contributed by atoms with Crippen molar-refractivity contribution in [1.82, 2.24) is 20.2 Å². The number of H-pyrrole nitrogens is 1. The van der Waals surface area contributed by atoms with Gasteiger partial charge in [-0.2, -0.15) is 0 Å². The Morgan fingerprint density at radius 3 is 2.40 bits per heavy atom. The quantitative estimate of drug-likeness (QED) is 0.289. The van der Waals surface area contributed by atoms with E-state index in [9.17, 15) is 4.79 Å². The monoisotopic (exact) mass is 412 g/mol. The number of aromatic amines is 1. The molecule has 0 radical (unpaired) electrons. The summed E-state index contributed by atoms with van der Waals surface area (Å²) in [5, 5.41) is 3.28. The molecule has 7 heteroatoms. The molecule has 1 aromatic heterocycles. The van der Waals surface area contributed by atoms with Crippen LogP contribution in [0.5, 0.6) is 0 Å². The largest absolute Gasteiger partial charge is 0.381 e. The van der Waals surface area contributed by atoms with Crippen LogP contribution in [0.2, 0.25) is 0 Å². The molecule has 0 aromatic carbocycles. The molecule has 1 amide bonds. The Hall–Kier alpha value is -2.93. The van der Waals surface area contributed by atoms with Gasteiger partial charge in [-0.05, 0) is 63.9 Å². The van der Waals surface area contributed by atoms with Crippen LogP contribution >= 0.6 is 0 Å². The van der Waals surface area contributed by atoms with Crippen LogP contribution in [0.3, 0.4) is 0 Å². The predicted molar refractivity (Wildman–Crippen MR) is 125 cm³/mol. The van der Waals surface area contributed by atoms with Crippen LogP contribution in [0.1, 0.15) is 44.6 Å². The number of piperidine rings is 1. The molecule has 1 aromatic rings. The van der Waals surface area contributed by atoms with Gasteiger partial charge in [0.15, 0.2) is 11.7 Å². The molecule has 7 nitrogen and oxygen atoms in total. The minimum Gasteiger partial charge on any atom is -0.381 e. The van der Waals surface area contributed by atoms with Crippen molar-refractivity contribution in [3.8, 4) is 0 Å². The average molecular weight is 413 g/mol. The number of aromatic nitrogens is 2. The van der Waals surface area contributed by atoms with Gasteiger partial charge in [-0.3, -0.25) is 4.79 Å². The normalized spacial score (nSPS) is 15.6. The van der Waals surface area contributed by atoms with Gasteiger partial charge in [-0.15, -0.1) is 0 Å². The third kappa shape index (κ3) is 9.05. The Balaban J connectivity index is 0.000000637. The maximum Gasteiger partial charge on any atom is 0.252 e. The number of carbonyl (C=O) groups is 1. The predicted octanol–water partition coefficient (Wildman–Crippen LogP) is 3.23. The number of amides is 1. The van der Waals surface area contributed by atoms with Gasteiger partial charge in [-0.25, -0.2) is 9.98 Å². The molecule has 164 valence electrons. The zero-order chi connectivity index (χ0) is 22.5. The van der Waals surface area contributed by atoms with Crippen molar-refractivity contribution in [3.63, 3.8) is 0 Å². The van der Waals surface area contributed by atoms with Gasteiger partial charge in [0.1, 0.15) is 0 Å². The van der Waals surface area contributed by atoms with Crippen molar-refractivity contribution in [2.24, 2.45) is 10.7 Å². The SMILES string of the molecule is C1CCNCC1.C=C(/C=C(\C=C/C)C(/C)=C/N=C(N)c1ncc(C)[nH]1)C(=O)N(C)C. The van der Waals surface area contributed by atoms with Crippen LogP contribution in [0.4, 0.5) is 0 Å². The van der Waals surface area contributed by atoms with E-state index < -0.39 is 0 Å². The number of hydrogen-bond acceptors (Lipinski definition) is 4. The first kappa shape index (κ1) is 25.1. The Labute approximate surface area is 180 Å². The van der Waals surface area contributed by atoms with E-state index in [4.69, 9.17) is 5.73 Å². The van der Waals surface area contributed by atoms with Gasteiger partial charge in [0, 0.05) is 37.8 Å². The smallest absolute Gasteiger partial charge is 0.252 e. The lowest BCUT2D eigenvalue weighted by Gasteiger charge is -2.11. The highest BCUT2D eigenvalue weighted by atomic mass is 16.2. The Bertz CT molecular complexity index is 811. The number of amidine groups is 1. The number of carbonyl (C=O) groups excluding carboxylic acids is 1. The number of aliphatic imine (C=N–C) groups is 1. The van der Waals surface area contributed by atoms with Crippen LogP contribution in [0.15, 0.2) is 58.9 Å². The van der Waals surface area contributed by atoms with Crippen LogP contribution in [0.25, 0.3) is 0 Å². The lowest BCUT2D eigenvalue weighted by atomic mass is 10.0. The molecule has 1 fully saturated rings. The maximum atomic E-state index is 11.9. The summed E-state index contributed by atoms with van der Waals surface area (Å²) in [7, 11) is 3.38. The van der Waals surface area contributed by atoms with Gasteiger partial charge < -0.3 is 20.9 Å². The minimum absolute atomic E-state index is 0.140. The van der Waals surface area contributed by atoms with E-state index in [2.05, 4.69) is 26.9 Å². The molecule has 0 saturated carbocycles. The van der Waals surface area contributed by atoms with Crippen molar-refractivity contribution in [2.45, 2.75) is 40.0 Å². The highest BCUT2D eigenvalue weighted by Gasteiger charge is 2.08. The number of allylic oxidation sites excluding steroid dienone is 4. The van der Waals surface area contributed by atoms with Gasteiger partial charge >= 0.3 is 0 Å². The highest BCUT2D eigenvalue weighted by molar-refractivity contribution is 5.96. The van der Waals surface area contributed by atoms with Crippen molar-refractivity contribution in [2.75, 3.05) is 27.2 Å². The fourth-order valence-corrected chi connectivity index (χ4v) is 2.66. The van der Waals surface area contributed by atoms with Gasteiger partial charge in [-0.1, -0.05) is 25.2 Å². The van der Waals surface area contributed by atoms with E-state index in [-0.39, 0.29) is 5.91 Å². The molecule has 1 saturated heterocycles. The number of hydrogen-bond donors (Lipinski definition) is 3. The van der Waals surface area contributed by atoms with E-state index in [0.29, 0.717) is 17.2 Å². The zero-order valence-electron chi connectivity index (χ0n) is 19.0. The summed E-state index contributed by atoms with van der Waals surface area (Å²) in [5.41, 5.74) is 8.92. The van der Waals surface area contributed by atoms with E-state index in [1.165, 1.54) is 37.3 Å². The second-order valence-electron chi connectivity index (χ2n) is 7.38. The summed E-state index contributed by atoms with van der Waals surface area (Å²) in [6.45, 7) is 12.0. The second-order valence-corrected chi connectivity index (χ2v) is 7.38. The van der Waals surface area contributed by atoms with E-state index in [1.54, 1.807) is 32.6 Å². The van der Waals surface area contributed by atoms with E-state index >= 15 is 0 Å². The molecule has 0 spiro atoms. The summed E-state index contributed by atoms with van der Waals surface area (Å²) >= 11 is 0. The van der Waals surface area contributed by atoms with E-state index in [0.717, 1.165) is 16.8 Å². The fraction of sp³-hybridized carbons (Fsp3) is 0.435. The number of nitrogens with one attached hydrogen (secondary N) is 2. The number of imidazole rings is 1. The van der Waals surface area contributed by atoms with Gasteiger partial charge in [0.25, 0.3) is 5.91 Å². The molecule has 0 aliphatic carbocycles. The van der Waals surface area contributed by atoms with Crippen molar-refractivity contribution < 1.29 is 4.79 Å². The van der Waals surface area contributed by atoms with Gasteiger partial charge in [0.05, 0.1) is 0 Å². The third-order valence-corrected chi connectivity index (χ3v) is 4.36. The van der Waals surface area contributed by atoms with Crippen LogP contribution < -0.4 is 11.1 Å². The summed E-state index contributed by atoms with van der Waals surface area (Å²) in [6, 6.07) is 0. The Kier molecular flexibility index (Phi) is 11.1. The topological polar surface area (TPSA) is 99.4 Å². The van der Waals surface area contributed by atoms with Crippen molar-refractivity contribution >= 4 is 11.7 Å². The number of rotatable bonds is 6. The Morgan fingerprint density at radius 1 is 1.30 bits per heavy atom. The molecule has 0 atom stereocenters. The summed E-state index contributed by atoms with van der Waals surface area (Å²) < 4.78 is 0. The molecule has 4 N–H and O–H groups in total. The number of aryl methyl sites for hydroxylation is 1. The first-order chi connectivity index (χ1) is 14.3. The zero-order valence-corrected chi connectivity index (χ0v) is 19.0. The molecule has 2 rings (SSSR count). The number of nitrogens with zero attached hydrogens (tertiary/aromatic N) is 3. The van der Waals surface area contributed by atoms with Crippen LogP contribution in [-0.4, -0.2) is 53.8 Å². The lowest BCUT2D eigenvalue weighted by molar-refractivity contribution is -0.124. The fourth-order valence-electron chi connectivity index (χ4n) is 2.66. The average Bonchev–Trinajstić information content (AvgIpc) is 3.18. The maximum absolute atomic E-state index is 11.9.